The van der Waals surface area contributed by atoms with Crippen LogP contribution in [0.25, 0.3) is 10.9 Å². The van der Waals surface area contributed by atoms with E-state index in [1.807, 2.05) is 38.9 Å². The second-order valence-electron chi connectivity index (χ2n) is 6.08. The number of aryl methyl sites for hydroxylation is 1. The van der Waals surface area contributed by atoms with Gasteiger partial charge < -0.3 is 9.47 Å². The first-order chi connectivity index (χ1) is 11.4. The zero-order chi connectivity index (χ0) is 17.9. The molecule has 6 heteroatoms. The molecule has 2 aromatic rings. The third kappa shape index (κ3) is 3.90. The van der Waals surface area contributed by atoms with Crippen molar-refractivity contribution < 1.29 is 9.95 Å². The van der Waals surface area contributed by atoms with Gasteiger partial charge >= 0.3 is 0 Å². The molecule has 0 bridgehead atoms. The highest BCUT2D eigenvalue weighted by atomic mass is 35.5. The lowest BCUT2D eigenvalue weighted by atomic mass is 10.2. The number of rotatable bonds is 5. The van der Waals surface area contributed by atoms with E-state index in [0.717, 1.165) is 33.8 Å². The zero-order valence-electron chi connectivity index (χ0n) is 15.0. The maximum Gasteiger partial charge on any atom is 0.238 e. The maximum absolute atomic E-state index is 9.95. The van der Waals surface area contributed by atoms with Gasteiger partial charge in [0.15, 0.2) is 6.54 Å². The molecule has 0 saturated carbocycles. The van der Waals surface area contributed by atoms with Crippen molar-refractivity contribution in [2.45, 2.75) is 27.3 Å². The Labute approximate surface area is 148 Å². The molecule has 0 atom stereocenters. The van der Waals surface area contributed by atoms with Crippen molar-refractivity contribution >= 4 is 39.7 Å². The summed E-state index contributed by atoms with van der Waals surface area (Å²) in [5.74, 6) is 1.26. The Morgan fingerprint density at radius 1 is 1.33 bits per heavy atom. The molecular weight excluding hydrogens is 324 g/mol. The van der Waals surface area contributed by atoms with E-state index in [1.54, 1.807) is 0 Å². The number of hydrogen-bond acceptors (Lipinski definition) is 2. The number of aromatic nitrogens is 1. The lowest BCUT2D eigenvalue weighted by Crippen LogP contribution is -2.24. The summed E-state index contributed by atoms with van der Waals surface area (Å²) in [7, 11) is 3.96. The minimum Gasteiger partial charge on any atom is -0.366 e. The molecule has 0 amide bonds. The molecule has 1 aromatic heterocycles. The minimum absolute atomic E-state index is 0.299. The van der Waals surface area contributed by atoms with Gasteiger partial charge in [-0.3, -0.25) is 5.21 Å². The molecule has 1 aromatic carbocycles. The number of benzene rings is 1. The maximum atomic E-state index is 9.95. The molecule has 0 fully saturated rings. The van der Waals surface area contributed by atoms with Crippen molar-refractivity contribution in [2.75, 3.05) is 26.5 Å². The van der Waals surface area contributed by atoms with Crippen molar-refractivity contribution in [3.05, 3.63) is 30.0 Å². The van der Waals surface area contributed by atoms with Crippen molar-refractivity contribution in [1.29, 1.82) is 0 Å². The quantitative estimate of drug-likeness (QED) is 0.223. The van der Waals surface area contributed by atoms with Crippen molar-refractivity contribution in [2.24, 2.45) is 4.99 Å². The Bertz CT molecular complexity index is 790. The number of amidine groups is 1. The molecule has 2 rings (SSSR count). The van der Waals surface area contributed by atoms with E-state index in [1.165, 1.54) is 4.74 Å². The van der Waals surface area contributed by atoms with Crippen LogP contribution in [0.15, 0.2) is 29.3 Å². The van der Waals surface area contributed by atoms with Crippen molar-refractivity contribution in [1.82, 2.24) is 9.47 Å². The molecule has 0 aliphatic rings. The van der Waals surface area contributed by atoms with Gasteiger partial charge in [0.2, 0.25) is 5.71 Å². The minimum atomic E-state index is 0.299. The SMILES string of the molecule is CC[N+](O)=C(CCl)Cn1c(C)cc2cc(N=C(C)N(C)C)ccc21. The Hall–Kier alpha value is -2.01. The van der Waals surface area contributed by atoms with E-state index in [0.29, 0.717) is 19.0 Å². The van der Waals surface area contributed by atoms with Crippen LogP contribution in [-0.4, -0.2) is 57.5 Å². The summed E-state index contributed by atoms with van der Waals surface area (Å²) >= 11 is 6.00. The Morgan fingerprint density at radius 3 is 2.62 bits per heavy atom. The summed E-state index contributed by atoms with van der Waals surface area (Å²) in [5, 5.41) is 11.1. The summed E-state index contributed by atoms with van der Waals surface area (Å²) in [6, 6.07) is 8.31. The monoisotopic (exact) mass is 349 g/mol. The average Bonchev–Trinajstić information content (AvgIpc) is 2.86. The predicted octanol–water partition coefficient (Wildman–Crippen LogP) is 3.66. The van der Waals surface area contributed by atoms with Crippen LogP contribution < -0.4 is 0 Å². The number of halogens is 1. The van der Waals surface area contributed by atoms with E-state index in [-0.39, 0.29) is 0 Å². The molecule has 130 valence electrons. The molecule has 0 spiro atoms. The van der Waals surface area contributed by atoms with Crippen LogP contribution in [0.3, 0.4) is 0 Å². The number of alkyl halides is 1. The highest BCUT2D eigenvalue weighted by Crippen LogP contribution is 2.25. The first-order valence-electron chi connectivity index (χ1n) is 8.07. The Balaban J connectivity index is 2.44. The first kappa shape index (κ1) is 18.3. The lowest BCUT2D eigenvalue weighted by molar-refractivity contribution is -0.773. The second-order valence-corrected chi connectivity index (χ2v) is 6.35. The molecule has 24 heavy (non-hydrogen) atoms. The number of nitrogens with zero attached hydrogens (tertiary/aromatic N) is 4. The fraction of sp³-hybridized carbons (Fsp3) is 0.444. The summed E-state index contributed by atoms with van der Waals surface area (Å²) in [6.07, 6.45) is 0. The smallest absolute Gasteiger partial charge is 0.238 e. The lowest BCUT2D eigenvalue weighted by Gasteiger charge is -2.11. The number of aliphatic imine (C=N–C) groups is 1. The van der Waals surface area contributed by atoms with Crippen LogP contribution in [0.1, 0.15) is 19.5 Å². The standard InChI is InChI=1S/C18H26ClN4O/c1-6-23(24)17(11-19)12-22-13(2)9-15-10-16(7-8-18(15)22)20-14(3)21(4)5/h7-10,24H,6,11-12H2,1-5H3/q+1. The van der Waals surface area contributed by atoms with E-state index in [4.69, 9.17) is 11.6 Å². The van der Waals surface area contributed by atoms with Gasteiger partial charge in [0.05, 0.1) is 5.69 Å². The van der Waals surface area contributed by atoms with E-state index < -0.39 is 0 Å². The first-order valence-corrected chi connectivity index (χ1v) is 8.60. The van der Waals surface area contributed by atoms with Gasteiger partial charge in [-0.25, -0.2) is 4.99 Å². The third-order valence-corrected chi connectivity index (χ3v) is 4.50. The molecular formula is C18H26ClN4O+. The Kier molecular flexibility index (Phi) is 5.89. The average molecular weight is 350 g/mol. The molecule has 0 radical (unpaired) electrons. The van der Waals surface area contributed by atoms with Crippen LogP contribution in [0.2, 0.25) is 0 Å². The van der Waals surface area contributed by atoms with Gasteiger partial charge in [-0.1, -0.05) is 0 Å². The van der Waals surface area contributed by atoms with Crippen molar-refractivity contribution in [3.63, 3.8) is 0 Å². The summed E-state index contributed by atoms with van der Waals surface area (Å²) in [4.78, 5) is 6.61. The van der Waals surface area contributed by atoms with Crippen LogP contribution >= 0.6 is 11.6 Å². The van der Waals surface area contributed by atoms with Gasteiger partial charge in [-0.15, -0.1) is 11.6 Å². The summed E-state index contributed by atoms with van der Waals surface area (Å²) in [6.45, 7) is 7.03. The summed E-state index contributed by atoms with van der Waals surface area (Å²) in [5.41, 5.74) is 3.96. The van der Waals surface area contributed by atoms with Crippen LogP contribution in [0.5, 0.6) is 0 Å². The number of fused-ring (bicyclic) bond motifs is 1. The third-order valence-electron chi connectivity index (χ3n) is 4.19. The normalized spacial score (nSPS) is 13.3. The molecule has 0 unspecified atom stereocenters. The molecule has 5 nitrogen and oxygen atoms in total. The second kappa shape index (κ2) is 7.71. The highest BCUT2D eigenvalue weighted by molar-refractivity contribution is 6.27. The van der Waals surface area contributed by atoms with Gasteiger partial charge in [-0.05, 0) is 49.8 Å². The molecule has 1 N–H and O–H groups in total. The van der Waals surface area contributed by atoms with Gasteiger partial charge in [0.25, 0.3) is 0 Å². The number of hydroxylamine groups is 1. The fourth-order valence-electron chi connectivity index (χ4n) is 2.56. The van der Waals surface area contributed by atoms with Gasteiger partial charge in [-0.2, -0.15) is 0 Å². The topological polar surface area (TPSA) is 43.8 Å². The van der Waals surface area contributed by atoms with E-state index in [9.17, 15) is 5.21 Å². The summed E-state index contributed by atoms with van der Waals surface area (Å²) < 4.78 is 3.38. The van der Waals surface area contributed by atoms with E-state index >= 15 is 0 Å². The molecule has 0 saturated heterocycles. The van der Waals surface area contributed by atoms with Crippen LogP contribution in [0.4, 0.5) is 5.69 Å². The molecule has 0 aliphatic heterocycles. The highest BCUT2D eigenvalue weighted by Gasteiger charge is 2.16. The number of hydrogen-bond donors (Lipinski definition) is 1. The predicted molar refractivity (Wildman–Crippen MR) is 101 cm³/mol. The largest absolute Gasteiger partial charge is 0.366 e. The van der Waals surface area contributed by atoms with Gasteiger partial charge in [0, 0.05) is 30.7 Å². The van der Waals surface area contributed by atoms with Crippen LogP contribution in [-0.2, 0) is 6.54 Å². The zero-order valence-corrected chi connectivity index (χ0v) is 15.8. The van der Waals surface area contributed by atoms with Gasteiger partial charge in [0.1, 0.15) is 18.3 Å². The molecule has 0 aliphatic carbocycles. The Morgan fingerprint density at radius 2 is 2.04 bits per heavy atom. The fourth-order valence-corrected chi connectivity index (χ4v) is 2.78. The molecule has 1 heterocycles. The van der Waals surface area contributed by atoms with E-state index in [2.05, 4.69) is 34.7 Å². The van der Waals surface area contributed by atoms with Crippen molar-refractivity contribution in [3.8, 4) is 0 Å². The van der Waals surface area contributed by atoms with Crippen LogP contribution in [0, 0.1) is 6.92 Å².